The fourth-order valence-electron chi connectivity index (χ4n) is 10.3. The highest BCUT2D eigenvalue weighted by molar-refractivity contribution is 6.01. The zero-order chi connectivity index (χ0) is 68.3. The Balaban J connectivity index is 1.01. The molecule has 93 heavy (non-hydrogen) atoms. The highest BCUT2D eigenvalue weighted by Gasteiger charge is 2.52. The van der Waals surface area contributed by atoms with E-state index in [4.69, 9.17) is 42.7 Å². The van der Waals surface area contributed by atoms with Crippen molar-refractivity contribution in [1.29, 1.82) is 0 Å². The molecule has 0 aromatic carbocycles. The first kappa shape index (κ1) is 78.8. The maximum absolute atomic E-state index is 13.1. The number of nitrogens with zero attached hydrogens (tertiary/aromatic N) is 2. The molecule has 0 aromatic heterocycles. The highest BCUT2D eigenvalue weighted by Crippen LogP contribution is 2.31. The second kappa shape index (κ2) is 40.6. The molecular weight excluding hydrogens is 1250 g/mol. The van der Waals surface area contributed by atoms with Crippen LogP contribution in [0, 0.1) is 0 Å². The van der Waals surface area contributed by atoms with Gasteiger partial charge in [-0.05, 0) is 45.4 Å². The number of ether oxygens (including phenoxy) is 8. The monoisotopic (exact) mass is 1350 g/mol. The zero-order valence-electron chi connectivity index (χ0n) is 51.8. The van der Waals surface area contributed by atoms with Crippen LogP contribution in [0.1, 0.15) is 96.8 Å². The summed E-state index contributed by atoms with van der Waals surface area (Å²) in [6.45, 7) is -1.59. The lowest BCUT2D eigenvalue weighted by molar-refractivity contribution is -0.366. The van der Waals surface area contributed by atoms with Crippen LogP contribution in [0.15, 0.2) is 0 Å². The maximum Gasteiger partial charge on any atom is 0.333 e. The third-order valence-electron chi connectivity index (χ3n) is 15.8. The molecule has 0 aromatic rings. The number of hydrogen-bond acceptors (Lipinski definition) is 31. The van der Waals surface area contributed by atoms with Crippen LogP contribution >= 0.6 is 0 Å². The van der Waals surface area contributed by atoms with Gasteiger partial charge in [-0.3, -0.25) is 38.5 Å². The summed E-state index contributed by atoms with van der Waals surface area (Å²) in [4.78, 5) is 106. The van der Waals surface area contributed by atoms with Crippen LogP contribution in [0.2, 0.25) is 0 Å². The van der Waals surface area contributed by atoms with E-state index in [2.05, 4.69) is 26.6 Å². The van der Waals surface area contributed by atoms with E-state index >= 15 is 0 Å². The van der Waals surface area contributed by atoms with Crippen molar-refractivity contribution >= 4 is 47.3 Å². The number of amides is 7. The van der Waals surface area contributed by atoms with Crippen molar-refractivity contribution in [3.63, 3.8) is 0 Å². The molecule has 37 heteroatoms. The second-order valence-electron chi connectivity index (χ2n) is 23.1. The minimum absolute atomic E-state index is 0.0309. The molecule has 5 saturated heterocycles. The van der Waals surface area contributed by atoms with Crippen molar-refractivity contribution < 1.29 is 147 Å². The number of aliphatic hydroxyl groups is 13. The van der Waals surface area contributed by atoms with Gasteiger partial charge in [0.15, 0.2) is 25.2 Å². The van der Waals surface area contributed by atoms with E-state index in [9.17, 15) is 105 Å². The Morgan fingerprint density at radius 1 is 0.441 bits per heavy atom. The Labute approximate surface area is 535 Å². The Bertz CT molecular complexity index is 2320. The molecule has 0 saturated carbocycles. The van der Waals surface area contributed by atoms with Crippen LogP contribution in [0.4, 0.5) is 0 Å². The molecule has 0 spiro atoms. The molecule has 0 radical (unpaired) electrons. The van der Waals surface area contributed by atoms with Gasteiger partial charge in [0, 0.05) is 64.8 Å². The van der Waals surface area contributed by atoms with E-state index < -0.39 is 184 Å². The molecule has 0 aliphatic carbocycles. The first-order valence-corrected chi connectivity index (χ1v) is 31.3. The molecule has 0 unspecified atom stereocenters. The summed E-state index contributed by atoms with van der Waals surface area (Å²) in [6.07, 6.45) is -28.0. The van der Waals surface area contributed by atoms with E-state index in [1.54, 1.807) is 0 Å². The minimum Gasteiger partial charge on any atom is -0.394 e. The first-order chi connectivity index (χ1) is 44.3. The van der Waals surface area contributed by atoms with Crippen LogP contribution in [-0.2, 0) is 81.1 Å². The second-order valence-corrected chi connectivity index (χ2v) is 23.1. The normalized spacial score (nSPS) is 32.3. The topological polar surface area (TPSA) is 549 Å². The van der Waals surface area contributed by atoms with Gasteiger partial charge in [-0.1, -0.05) is 19.3 Å². The fraction of sp³-hybridized carbons (Fsp3) is 0.857. The summed E-state index contributed by atoms with van der Waals surface area (Å²) < 4.78 is 44.2. The summed E-state index contributed by atoms with van der Waals surface area (Å²) in [5, 5.41) is 148. The Hall–Kier alpha value is -4.92. The number of carbonyl (C=O) groups excluding carboxylic acids is 8. The van der Waals surface area contributed by atoms with Crippen LogP contribution in [0.5, 0.6) is 0 Å². The minimum atomic E-state index is -1.96. The average molecular weight is 1350 g/mol. The molecule has 5 heterocycles. The number of hydrogen-bond donors (Lipinski definition) is 18. The van der Waals surface area contributed by atoms with Crippen molar-refractivity contribution in [2.75, 3.05) is 85.4 Å². The van der Waals surface area contributed by atoms with E-state index in [1.165, 1.54) is 11.8 Å². The van der Waals surface area contributed by atoms with E-state index in [-0.39, 0.29) is 104 Å². The summed E-state index contributed by atoms with van der Waals surface area (Å²) in [5.74, 6) is -4.09. The van der Waals surface area contributed by atoms with Crippen LogP contribution in [0.25, 0.3) is 0 Å². The van der Waals surface area contributed by atoms with E-state index in [0.29, 0.717) is 62.9 Å². The Morgan fingerprint density at radius 2 is 0.839 bits per heavy atom. The van der Waals surface area contributed by atoms with Gasteiger partial charge in [0.1, 0.15) is 91.6 Å². The van der Waals surface area contributed by atoms with Crippen LogP contribution in [-0.4, -0.2) is 332 Å². The number of carbonyl (C=O) groups is 8. The molecule has 5 rings (SSSR count). The zero-order valence-corrected chi connectivity index (χ0v) is 51.8. The Morgan fingerprint density at radius 3 is 1.31 bits per heavy atom. The SMILES string of the molecule is C[C@@H]1O[C@@H](OCCNC(=O)CCCCCNC(=O)CN(CC(=O)NCCCCCC(=O)NCCO[C@H]2O[C@H](CO[C@H]3O[C@H](CO)[C@@H](O)[C@H](O)[C@@H]3O)[C@@H](O)[C@H](O[C@H]3O[C@H](CO)[C@@H](O)[C@H](O)[C@@H]3O)[C@@H]2O)CC(=O)NCCCCCC(=O)ON2C(=O)CCC2=O)[C@@H](O)[C@H](O)[C@@H]1O. The molecule has 20 atom stereocenters. The fourth-order valence-corrected chi connectivity index (χ4v) is 10.3. The van der Waals surface area contributed by atoms with E-state index in [0.717, 1.165) is 0 Å². The van der Waals surface area contributed by atoms with Crippen molar-refractivity contribution in [3.05, 3.63) is 0 Å². The third kappa shape index (κ3) is 25.2. The average Bonchev–Trinajstić information content (AvgIpc) is 1.65. The third-order valence-corrected chi connectivity index (χ3v) is 15.8. The molecule has 0 bridgehead atoms. The predicted molar refractivity (Wildman–Crippen MR) is 307 cm³/mol. The van der Waals surface area contributed by atoms with Gasteiger partial charge in [-0.25, -0.2) is 4.79 Å². The molecule has 534 valence electrons. The van der Waals surface area contributed by atoms with Gasteiger partial charge in [0.2, 0.25) is 29.5 Å². The molecule has 5 aliphatic heterocycles. The van der Waals surface area contributed by atoms with Gasteiger partial charge in [-0.2, -0.15) is 0 Å². The van der Waals surface area contributed by atoms with Crippen molar-refractivity contribution in [1.82, 2.24) is 36.5 Å². The number of unbranched alkanes of at least 4 members (excludes halogenated alkanes) is 6. The van der Waals surface area contributed by atoms with Crippen molar-refractivity contribution in [2.45, 2.75) is 220 Å². The number of imide groups is 1. The van der Waals surface area contributed by atoms with Gasteiger partial charge >= 0.3 is 5.97 Å². The summed E-state index contributed by atoms with van der Waals surface area (Å²) in [6, 6.07) is 0. The predicted octanol–water partition coefficient (Wildman–Crippen LogP) is -9.53. The standard InChI is InChI=1S/C56H95N7O30/c1-29-41(74)45(78)48(81)53(88-29)85-21-19-60-33(66)11-5-2-8-16-57-35(68)23-62(25-37(70)59-18-10-4-7-13-40(73)93-63-38(71)14-15-39(63)72)24-36(69)58-17-9-3-6-12-34(67)61-20-22-86-55-51(84)52(92-56-50(83)47(80)43(76)31(27-65)90-56)44(77)32(91-55)28-87-54-49(82)46(79)42(75)30(26-64)89-54/h29-32,41-56,64-65,74-84H,2-28H2,1H3,(H,57,68)(H,58,69)(H,59,70)(H,60,66)(H,61,67)/t29-,30+,31+,32+,41+,42+,43+,44+,45+,46-,47-,48-,49-,50-,51-,52-,53+,54-,55-,56+/m0/s1. The number of hydroxylamine groups is 2. The number of rotatable bonds is 40. The lowest BCUT2D eigenvalue weighted by atomic mass is 9.96. The van der Waals surface area contributed by atoms with E-state index in [1.807, 2.05) is 0 Å². The van der Waals surface area contributed by atoms with Crippen molar-refractivity contribution in [3.8, 4) is 0 Å². The summed E-state index contributed by atoms with van der Waals surface area (Å²) in [7, 11) is 0. The maximum atomic E-state index is 13.1. The van der Waals surface area contributed by atoms with Gasteiger partial charge in [0.25, 0.3) is 11.8 Å². The molecule has 37 nitrogen and oxygen atoms in total. The largest absolute Gasteiger partial charge is 0.394 e. The van der Waals surface area contributed by atoms with Gasteiger partial charge in [-0.15, -0.1) is 5.06 Å². The van der Waals surface area contributed by atoms with Gasteiger partial charge in [0.05, 0.1) is 58.8 Å². The lowest BCUT2D eigenvalue weighted by Gasteiger charge is -2.46. The smallest absolute Gasteiger partial charge is 0.333 e. The summed E-state index contributed by atoms with van der Waals surface area (Å²) >= 11 is 0. The number of aliphatic hydroxyl groups excluding tert-OH is 13. The quantitative estimate of drug-likeness (QED) is 0.0200. The molecule has 7 amide bonds. The highest BCUT2D eigenvalue weighted by atomic mass is 16.8. The number of nitrogens with one attached hydrogen (secondary N) is 5. The molecule has 18 N–H and O–H groups in total. The molecule has 5 aliphatic rings. The molecular formula is C56H95N7O30. The lowest BCUT2D eigenvalue weighted by Crippen LogP contribution is -2.65. The Kier molecular flexibility index (Phi) is 34.4. The first-order valence-electron chi connectivity index (χ1n) is 31.3. The van der Waals surface area contributed by atoms with Crippen molar-refractivity contribution in [2.24, 2.45) is 0 Å². The summed E-state index contributed by atoms with van der Waals surface area (Å²) in [5.41, 5.74) is 0. The van der Waals surface area contributed by atoms with Crippen LogP contribution in [0.3, 0.4) is 0 Å². The molecule has 5 fully saturated rings. The van der Waals surface area contributed by atoms with Gasteiger partial charge < -0.3 is 136 Å². The van der Waals surface area contributed by atoms with Crippen LogP contribution < -0.4 is 26.6 Å².